The van der Waals surface area contributed by atoms with Crippen LogP contribution in [0.25, 0.3) is 0 Å². The van der Waals surface area contributed by atoms with Gasteiger partial charge in [-0.3, -0.25) is 0 Å². The molecule has 2 heterocycles. The summed E-state index contributed by atoms with van der Waals surface area (Å²) in [6.45, 7) is 0.278. The molecule has 2 bridgehead atoms. The fourth-order valence-corrected chi connectivity index (χ4v) is 3.77. The van der Waals surface area contributed by atoms with Gasteiger partial charge in [0.2, 0.25) is 0 Å². The molecule has 1 aromatic carbocycles. The summed E-state index contributed by atoms with van der Waals surface area (Å²) in [4.78, 5) is 14.2. The van der Waals surface area contributed by atoms with Crippen LogP contribution in [0.15, 0.2) is 30.3 Å². The summed E-state index contributed by atoms with van der Waals surface area (Å²) in [7, 11) is 0. The van der Waals surface area contributed by atoms with Crippen LogP contribution in [0.3, 0.4) is 0 Å². The van der Waals surface area contributed by atoms with Crippen molar-refractivity contribution in [2.24, 2.45) is 0 Å². The smallest absolute Gasteiger partial charge is 0.410 e. The minimum atomic E-state index is -0.830. The van der Waals surface area contributed by atoms with Crippen LogP contribution in [0.2, 0.25) is 0 Å². The summed E-state index contributed by atoms with van der Waals surface area (Å²) in [5.74, 6) is 0. The van der Waals surface area contributed by atoms with Crippen LogP contribution < -0.4 is 0 Å². The molecule has 118 valence electrons. The third-order valence-corrected chi connectivity index (χ3v) is 4.75. The fourth-order valence-electron chi connectivity index (χ4n) is 3.77. The molecule has 3 atom stereocenters. The molecule has 2 fully saturated rings. The number of amides is 1. The van der Waals surface area contributed by atoms with Crippen LogP contribution in [0, 0.1) is 5.41 Å². The summed E-state index contributed by atoms with van der Waals surface area (Å²) in [6.07, 6.45) is 4.25. The Kier molecular flexibility index (Phi) is 4.16. The van der Waals surface area contributed by atoms with Gasteiger partial charge in [0, 0.05) is 18.5 Å². The highest BCUT2D eigenvalue weighted by Gasteiger charge is 2.49. The van der Waals surface area contributed by atoms with E-state index >= 15 is 0 Å². The minimum Gasteiger partial charge on any atom is -0.445 e. The number of carbonyl (C=O) groups excluding carboxylic acids is 1. The number of rotatable bonds is 4. The lowest BCUT2D eigenvalue weighted by Gasteiger charge is -2.42. The highest BCUT2D eigenvalue weighted by molar-refractivity contribution is 5.69. The molecular formula is C17H22N2O3. The first-order valence-electron chi connectivity index (χ1n) is 7.82. The number of nitrogens with zero attached hydrogens (tertiary/aromatic N) is 1. The molecule has 0 spiro atoms. The molecule has 5 nitrogen and oxygen atoms in total. The third-order valence-electron chi connectivity index (χ3n) is 4.75. The van der Waals surface area contributed by atoms with Crippen molar-refractivity contribution in [2.45, 2.75) is 56.4 Å². The van der Waals surface area contributed by atoms with E-state index in [4.69, 9.17) is 10.1 Å². The zero-order chi connectivity index (χ0) is 15.6. The number of benzene rings is 1. The van der Waals surface area contributed by atoms with Crippen LogP contribution >= 0.6 is 0 Å². The van der Waals surface area contributed by atoms with Gasteiger partial charge in [0.05, 0.1) is 5.60 Å². The quantitative estimate of drug-likeness (QED) is 0.840. The standard InChI is InChI=1S/C17H22N2O3/c18-9-8-17(21)10-14-6-7-15(11-17)19(14)16(20)22-12-13-4-2-1-3-5-13/h1-5,9,14-15,18,21H,6-8,10-12H2/t14-,15+,17?. The van der Waals surface area contributed by atoms with E-state index in [1.165, 1.54) is 6.21 Å². The van der Waals surface area contributed by atoms with Crippen LogP contribution in [0.5, 0.6) is 0 Å². The average molecular weight is 302 g/mol. The predicted molar refractivity (Wildman–Crippen MR) is 82.9 cm³/mol. The van der Waals surface area contributed by atoms with Crippen LogP contribution in [-0.2, 0) is 11.3 Å². The number of carbonyl (C=O) groups is 1. The monoisotopic (exact) mass is 302 g/mol. The molecule has 5 heteroatoms. The Bertz CT molecular complexity index is 532. The molecule has 1 amide bonds. The topological polar surface area (TPSA) is 73.6 Å². The molecule has 0 aliphatic carbocycles. The number of aliphatic hydroxyl groups is 1. The Balaban J connectivity index is 1.61. The summed E-state index contributed by atoms with van der Waals surface area (Å²) >= 11 is 0. The molecule has 2 aliphatic heterocycles. The van der Waals surface area contributed by atoms with Gasteiger partial charge in [-0.05, 0) is 37.5 Å². The average Bonchev–Trinajstić information content (AvgIpc) is 2.79. The van der Waals surface area contributed by atoms with E-state index in [-0.39, 0.29) is 24.8 Å². The zero-order valence-corrected chi connectivity index (χ0v) is 12.6. The Morgan fingerprint density at radius 1 is 1.32 bits per heavy atom. The van der Waals surface area contributed by atoms with Crippen molar-refractivity contribution < 1.29 is 14.6 Å². The second-order valence-corrected chi connectivity index (χ2v) is 6.37. The van der Waals surface area contributed by atoms with Crippen molar-refractivity contribution in [2.75, 3.05) is 0 Å². The fraction of sp³-hybridized carbons (Fsp3) is 0.529. The van der Waals surface area contributed by atoms with Gasteiger partial charge in [-0.15, -0.1) is 0 Å². The van der Waals surface area contributed by atoms with Crippen LogP contribution in [0.4, 0.5) is 4.79 Å². The zero-order valence-electron chi connectivity index (χ0n) is 12.6. The first kappa shape index (κ1) is 15.0. The molecule has 1 unspecified atom stereocenters. The second-order valence-electron chi connectivity index (χ2n) is 6.37. The second kappa shape index (κ2) is 6.08. The number of ether oxygens (including phenoxy) is 1. The molecule has 0 radical (unpaired) electrons. The molecule has 2 saturated heterocycles. The lowest BCUT2D eigenvalue weighted by Crippen LogP contribution is -2.53. The maximum Gasteiger partial charge on any atom is 0.410 e. The van der Waals surface area contributed by atoms with Gasteiger partial charge in [0.25, 0.3) is 0 Å². The van der Waals surface area contributed by atoms with E-state index in [0.717, 1.165) is 18.4 Å². The molecule has 2 aliphatic rings. The van der Waals surface area contributed by atoms with Crippen LogP contribution in [0.1, 0.15) is 37.7 Å². The third kappa shape index (κ3) is 2.99. The Morgan fingerprint density at radius 2 is 1.95 bits per heavy atom. The lowest BCUT2D eigenvalue weighted by atomic mass is 9.84. The van der Waals surface area contributed by atoms with E-state index in [9.17, 15) is 9.90 Å². The Morgan fingerprint density at radius 3 is 2.55 bits per heavy atom. The normalized spacial score (nSPS) is 30.1. The number of nitrogens with one attached hydrogen (secondary N) is 1. The molecular weight excluding hydrogens is 280 g/mol. The Labute approximate surface area is 130 Å². The molecule has 1 aromatic rings. The van der Waals surface area contributed by atoms with Gasteiger partial charge in [0.1, 0.15) is 6.61 Å². The first-order chi connectivity index (χ1) is 10.6. The van der Waals surface area contributed by atoms with Crippen molar-refractivity contribution in [3.05, 3.63) is 35.9 Å². The summed E-state index contributed by atoms with van der Waals surface area (Å²) < 4.78 is 5.44. The first-order valence-corrected chi connectivity index (χ1v) is 7.82. The van der Waals surface area contributed by atoms with Gasteiger partial charge < -0.3 is 20.2 Å². The largest absolute Gasteiger partial charge is 0.445 e. The van der Waals surface area contributed by atoms with Gasteiger partial charge in [-0.25, -0.2) is 4.79 Å². The minimum absolute atomic E-state index is 0.0342. The van der Waals surface area contributed by atoms with E-state index in [0.29, 0.717) is 19.3 Å². The highest BCUT2D eigenvalue weighted by Crippen LogP contribution is 2.42. The number of fused-ring (bicyclic) bond motifs is 2. The predicted octanol–water partition coefficient (Wildman–Crippen LogP) is 2.72. The summed E-state index contributed by atoms with van der Waals surface area (Å²) in [5, 5.41) is 17.8. The lowest BCUT2D eigenvalue weighted by molar-refractivity contribution is -0.0435. The number of hydrogen-bond donors (Lipinski definition) is 2. The van der Waals surface area contributed by atoms with Gasteiger partial charge in [-0.2, -0.15) is 0 Å². The molecule has 3 rings (SSSR count). The van der Waals surface area contributed by atoms with Crippen molar-refractivity contribution in [3.8, 4) is 0 Å². The SMILES string of the molecule is N=CCC1(O)C[C@H]2CC[C@@H](C1)N2C(=O)OCc1ccccc1. The number of piperidine rings is 1. The molecule has 0 aromatic heterocycles. The van der Waals surface area contributed by atoms with Gasteiger partial charge >= 0.3 is 6.09 Å². The molecule has 22 heavy (non-hydrogen) atoms. The molecule has 0 saturated carbocycles. The maximum absolute atomic E-state index is 12.4. The van der Waals surface area contributed by atoms with Gasteiger partial charge in [0.15, 0.2) is 0 Å². The summed E-state index contributed by atoms with van der Waals surface area (Å²) in [5.41, 5.74) is 0.143. The van der Waals surface area contributed by atoms with Crippen molar-refractivity contribution in [3.63, 3.8) is 0 Å². The summed E-state index contributed by atoms with van der Waals surface area (Å²) in [6, 6.07) is 9.71. The van der Waals surface area contributed by atoms with E-state index in [1.54, 1.807) is 4.90 Å². The maximum atomic E-state index is 12.4. The van der Waals surface area contributed by atoms with Crippen molar-refractivity contribution in [1.29, 1.82) is 5.41 Å². The highest BCUT2D eigenvalue weighted by atomic mass is 16.6. The van der Waals surface area contributed by atoms with Crippen LogP contribution in [-0.4, -0.2) is 40.0 Å². The number of hydrogen-bond acceptors (Lipinski definition) is 4. The van der Waals surface area contributed by atoms with Crippen molar-refractivity contribution in [1.82, 2.24) is 4.90 Å². The van der Waals surface area contributed by atoms with E-state index in [2.05, 4.69) is 0 Å². The Hall–Kier alpha value is -1.88. The van der Waals surface area contributed by atoms with Crippen molar-refractivity contribution >= 4 is 12.3 Å². The van der Waals surface area contributed by atoms with E-state index in [1.807, 2.05) is 30.3 Å². The van der Waals surface area contributed by atoms with Gasteiger partial charge in [-0.1, -0.05) is 30.3 Å². The van der Waals surface area contributed by atoms with E-state index < -0.39 is 5.60 Å². The molecule has 2 N–H and O–H groups in total.